The molecule has 0 unspecified atom stereocenters. The maximum absolute atomic E-state index is 13.0. The molecule has 2 aliphatic rings. The Morgan fingerprint density at radius 1 is 1.14 bits per heavy atom. The van der Waals surface area contributed by atoms with Crippen LogP contribution in [-0.4, -0.2) is 50.0 Å². The van der Waals surface area contributed by atoms with Crippen molar-refractivity contribution < 1.29 is 17.9 Å². The molecule has 2 aliphatic heterocycles. The van der Waals surface area contributed by atoms with Crippen LogP contribution >= 0.6 is 0 Å². The van der Waals surface area contributed by atoms with Crippen molar-refractivity contribution in [3.05, 3.63) is 29.8 Å². The van der Waals surface area contributed by atoms with Crippen LogP contribution in [0, 0.1) is 5.92 Å². The minimum absolute atomic E-state index is 0.0154. The minimum Gasteiger partial charge on any atom is -0.373 e. The second-order valence-corrected chi connectivity index (χ2v) is 10.6. The van der Waals surface area contributed by atoms with E-state index in [0.29, 0.717) is 43.4 Å². The summed E-state index contributed by atoms with van der Waals surface area (Å²) in [5, 5.41) is 3.04. The fourth-order valence-electron chi connectivity index (χ4n) is 3.96. The van der Waals surface area contributed by atoms with Gasteiger partial charge in [0.2, 0.25) is 15.9 Å². The van der Waals surface area contributed by atoms with Crippen LogP contribution in [0.25, 0.3) is 0 Å². The summed E-state index contributed by atoms with van der Waals surface area (Å²) < 4.78 is 33.6. The SMILES string of the molecule is CC(C)C(=O)N[C@H]1COC2(CCN(S(=O)(=O)c3ccc(C(C)C)cc3)CC2)C1. The Bertz CT molecular complexity index is 794. The van der Waals surface area contributed by atoms with Gasteiger partial charge >= 0.3 is 0 Å². The average molecular weight is 409 g/mol. The number of amides is 1. The van der Waals surface area contributed by atoms with E-state index < -0.39 is 10.0 Å². The Kier molecular flexibility index (Phi) is 6.17. The molecule has 28 heavy (non-hydrogen) atoms. The zero-order valence-corrected chi connectivity index (χ0v) is 18.1. The van der Waals surface area contributed by atoms with Crippen LogP contribution in [0.4, 0.5) is 0 Å². The number of piperidine rings is 1. The molecule has 7 heteroatoms. The molecule has 3 rings (SSSR count). The van der Waals surface area contributed by atoms with Crippen LogP contribution in [-0.2, 0) is 19.6 Å². The van der Waals surface area contributed by atoms with Gasteiger partial charge in [-0.15, -0.1) is 0 Å². The molecule has 1 N–H and O–H groups in total. The molecule has 1 spiro atoms. The lowest BCUT2D eigenvalue weighted by atomic mass is 9.88. The second kappa shape index (κ2) is 8.13. The maximum Gasteiger partial charge on any atom is 0.243 e. The highest BCUT2D eigenvalue weighted by Crippen LogP contribution is 2.37. The highest BCUT2D eigenvalue weighted by Gasteiger charge is 2.45. The molecule has 0 bridgehead atoms. The Morgan fingerprint density at radius 2 is 1.75 bits per heavy atom. The highest BCUT2D eigenvalue weighted by molar-refractivity contribution is 7.89. The van der Waals surface area contributed by atoms with Crippen molar-refractivity contribution in [2.24, 2.45) is 5.92 Å². The Balaban J connectivity index is 1.61. The summed E-state index contributed by atoms with van der Waals surface area (Å²) >= 11 is 0. The summed E-state index contributed by atoms with van der Waals surface area (Å²) in [5.41, 5.74) is 0.813. The number of ether oxygens (including phenoxy) is 1. The van der Waals surface area contributed by atoms with E-state index in [1.165, 1.54) is 0 Å². The lowest BCUT2D eigenvalue weighted by molar-refractivity contribution is -0.124. The number of sulfonamides is 1. The van der Waals surface area contributed by atoms with E-state index in [9.17, 15) is 13.2 Å². The number of nitrogens with one attached hydrogen (secondary N) is 1. The molecule has 2 fully saturated rings. The third kappa shape index (κ3) is 4.42. The zero-order valence-electron chi connectivity index (χ0n) is 17.3. The molecule has 1 amide bonds. The van der Waals surface area contributed by atoms with Crippen molar-refractivity contribution in [2.45, 2.75) is 69.4 Å². The first-order valence-electron chi connectivity index (χ1n) is 10.2. The van der Waals surface area contributed by atoms with E-state index in [1.807, 2.05) is 26.0 Å². The Hall–Kier alpha value is -1.44. The summed E-state index contributed by atoms with van der Waals surface area (Å²) in [7, 11) is -3.49. The van der Waals surface area contributed by atoms with Crippen LogP contribution in [0.3, 0.4) is 0 Å². The maximum atomic E-state index is 13.0. The van der Waals surface area contributed by atoms with Gasteiger partial charge in [-0.1, -0.05) is 39.8 Å². The van der Waals surface area contributed by atoms with E-state index in [0.717, 1.165) is 12.0 Å². The second-order valence-electron chi connectivity index (χ2n) is 8.69. The van der Waals surface area contributed by atoms with Crippen molar-refractivity contribution in [3.8, 4) is 0 Å². The molecule has 0 aliphatic carbocycles. The van der Waals surface area contributed by atoms with Gasteiger partial charge in [0.1, 0.15) is 0 Å². The standard InChI is InChI=1S/C21H32N2O4S/c1-15(2)17-5-7-19(8-6-17)28(25,26)23-11-9-21(10-12-23)13-18(14-27-21)22-20(24)16(3)4/h5-8,15-16,18H,9-14H2,1-4H3,(H,22,24)/t18-/m1/s1. The lowest BCUT2D eigenvalue weighted by Gasteiger charge is -2.38. The van der Waals surface area contributed by atoms with Gasteiger partial charge in [0, 0.05) is 19.0 Å². The molecule has 6 nitrogen and oxygen atoms in total. The van der Waals surface area contributed by atoms with Gasteiger partial charge in [0.25, 0.3) is 0 Å². The smallest absolute Gasteiger partial charge is 0.243 e. The summed E-state index contributed by atoms with van der Waals surface area (Å²) in [5.74, 6) is 0.358. The van der Waals surface area contributed by atoms with E-state index >= 15 is 0 Å². The fourth-order valence-corrected chi connectivity index (χ4v) is 5.40. The van der Waals surface area contributed by atoms with E-state index in [-0.39, 0.29) is 23.5 Å². The quantitative estimate of drug-likeness (QED) is 0.813. The molecule has 156 valence electrons. The van der Waals surface area contributed by atoms with E-state index in [2.05, 4.69) is 19.2 Å². The topological polar surface area (TPSA) is 75.7 Å². The van der Waals surface area contributed by atoms with E-state index in [1.54, 1.807) is 16.4 Å². The van der Waals surface area contributed by atoms with Gasteiger partial charge in [-0.2, -0.15) is 4.31 Å². The molecule has 0 radical (unpaired) electrons. The first-order valence-corrected chi connectivity index (χ1v) is 11.6. The molecular weight excluding hydrogens is 376 g/mol. The fraction of sp³-hybridized carbons (Fsp3) is 0.667. The van der Waals surface area contributed by atoms with Gasteiger partial charge in [-0.25, -0.2) is 8.42 Å². The summed E-state index contributed by atoms with van der Waals surface area (Å²) in [4.78, 5) is 12.3. The van der Waals surface area contributed by atoms with Crippen molar-refractivity contribution in [1.82, 2.24) is 9.62 Å². The van der Waals surface area contributed by atoms with Gasteiger partial charge < -0.3 is 10.1 Å². The summed E-state index contributed by atoms with van der Waals surface area (Å²) in [6.45, 7) is 9.31. The first-order chi connectivity index (χ1) is 13.1. The molecule has 1 aromatic carbocycles. The monoisotopic (exact) mass is 408 g/mol. The predicted octanol–water partition coefficient (Wildman–Crippen LogP) is 2.89. The van der Waals surface area contributed by atoms with Crippen LogP contribution in [0.5, 0.6) is 0 Å². The number of hydrogen-bond donors (Lipinski definition) is 1. The summed E-state index contributed by atoms with van der Waals surface area (Å²) in [6, 6.07) is 7.22. The number of hydrogen-bond acceptors (Lipinski definition) is 4. The normalized spacial score (nSPS) is 22.9. The van der Waals surface area contributed by atoms with Gasteiger partial charge in [-0.3, -0.25) is 4.79 Å². The molecular formula is C21H32N2O4S. The number of nitrogens with zero attached hydrogens (tertiary/aromatic N) is 1. The van der Waals surface area contributed by atoms with Gasteiger partial charge in [0.15, 0.2) is 0 Å². The van der Waals surface area contributed by atoms with Crippen molar-refractivity contribution in [3.63, 3.8) is 0 Å². The van der Waals surface area contributed by atoms with Crippen LogP contribution < -0.4 is 5.32 Å². The van der Waals surface area contributed by atoms with Crippen molar-refractivity contribution >= 4 is 15.9 Å². The first kappa shape index (κ1) is 21.3. The minimum atomic E-state index is -3.49. The lowest BCUT2D eigenvalue weighted by Crippen LogP contribution is -2.47. The van der Waals surface area contributed by atoms with E-state index in [4.69, 9.17) is 4.74 Å². The molecule has 0 aromatic heterocycles. The molecule has 2 heterocycles. The largest absolute Gasteiger partial charge is 0.373 e. The Morgan fingerprint density at radius 3 is 2.29 bits per heavy atom. The summed E-state index contributed by atoms with van der Waals surface area (Å²) in [6.07, 6.45) is 2.07. The third-order valence-electron chi connectivity index (χ3n) is 5.90. The van der Waals surface area contributed by atoms with Gasteiger partial charge in [0.05, 0.1) is 23.1 Å². The predicted molar refractivity (Wildman–Crippen MR) is 109 cm³/mol. The van der Waals surface area contributed by atoms with Gasteiger partial charge in [-0.05, 0) is 42.9 Å². The molecule has 0 saturated carbocycles. The molecule has 1 atom stereocenters. The zero-order chi connectivity index (χ0) is 20.5. The number of carbonyl (C=O) groups excluding carboxylic acids is 1. The highest BCUT2D eigenvalue weighted by atomic mass is 32.2. The third-order valence-corrected chi connectivity index (χ3v) is 7.81. The van der Waals surface area contributed by atoms with Crippen LogP contribution in [0.1, 0.15) is 58.4 Å². The Labute approximate surface area is 168 Å². The molecule has 1 aromatic rings. The van der Waals surface area contributed by atoms with Crippen molar-refractivity contribution in [2.75, 3.05) is 19.7 Å². The van der Waals surface area contributed by atoms with Crippen molar-refractivity contribution in [1.29, 1.82) is 0 Å². The number of rotatable bonds is 5. The van der Waals surface area contributed by atoms with Crippen LogP contribution in [0.15, 0.2) is 29.2 Å². The van der Waals surface area contributed by atoms with Crippen LogP contribution in [0.2, 0.25) is 0 Å². The number of benzene rings is 1. The number of carbonyl (C=O) groups is 1. The average Bonchev–Trinajstić information content (AvgIpc) is 3.04. The molecule has 2 saturated heterocycles.